The minimum Gasteiger partial charge on any atom is -0.491 e. The van der Waals surface area contributed by atoms with Crippen LogP contribution >= 0.6 is 0 Å². The molecule has 0 saturated heterocycles. The average Bonchev–Trinajstić information content (AvgIpc) is 2.04. The van der Waals surface area contributed by atoms with E-state index in [1.165, 1.54) is 0 Å². The number of nitrogens with two attached hydrogens (primary N) is 1. The molecule has 1 aromatic rings. The summed E-state index contributed by atoms with van der Waals surface area (Å²) in [5, 5.41) is 0. The second-order valence-corrected chi connectivity index (χ2v) is 2.09. The van der Waals surface area contributed by atoms with Gasteiger partial charge in [-0.05, 0) is 0 Å². The Labute approximate surface area is 65.4 Å². The number of ether oxygens (including phenoxy) is 1. The van der Waals surface area contributed by atoms with Crippen molar-refractivity contribution < 1.29 is 4.74 Å². The SMILES string of the molecule is CCc1ncc(OC)c(N)n1. The molecule has 0 spiro atoms. The van der Waals surface area contributed by atoms with E-state index in [2.05, 4.69) is 9.97 Å². The summed E-state index contributed by atoms with van der Waals surface area (Å²) in [6, 6.07) is 0. The molecule has 60 valence electrons. The highest BCUT2D eigenvalue weighted by Crippen LogP contribution is 2.15. The van der Waals surface area contributed by atoms with Crippen molar-refractivity contribution >= 4 is 5.82 Å². The number of anilines is 1. The van der Waals surface area contributed by atoms with Crippen molar-refractivity contribution in [2.24, 2.45) is 0 Å². The first-order chi connectivity index (χ1) is 5.27. The lowest BCUT2D eigenvalue weighted by Crippen LogP contribution is -2.00. The van der Waals surface area contributed by atoms with E-state index in [9.17, 15) is 0 Å². The zero-order chi connectivity index (χ0) is 8.27. The molecule has 0 aliphatic heterocycles. The molecule has 0 aliphatic rings. The minimum atomic E-state index is 0.402. The van der Waals surface area contributed by atoms with Gasteiger partial charge in [0, 0.05) is 6.42 Å². The molecule has 0 saturated carbocycles. The summed E-state index contributed by atoms with van der Waals surface area (Å²) in [6.07, 6.45) is 2.37. The van der Waals surface area contributed by atoms with E-state index in [-0.39, 0.29) is 0 Å². The molecule has 1 aromatic heterocycles. The highest BCUT2D eigenvalue weighted by Gasteiger charge is 2.00. The van der Waals surface area contributed by atoms with Gasteiger partial charge in [0.05, 0.1) is 13.3 Å². The predicted octanol–water partition coefficient (Wildman–Crippen LogP) is 0.630. The molecule has 0 aromatic carbocycles. The van der Waals surface area contributed by atoms with Gasteiger partial charge < -0.3 is 10.5 Å². The van der Waals surface area contributed by atoms with Crippen molar-refractivity contribution in [2.75, 3.05) is 12.8 Å². The standard InChI is InChI=1S/C7H11N3O/c1-3-6-9-4-5(11-2)7(8)10-6/h4H,3H2,1-2H3,(H2,8,9,10). The van der Waals surface area contributed by atoms with Crippen LogP contribution in [0, 0.1) is 0 Å². The topological polar surface area (TPSA) is 61.0 Å². The molecule has 1 heterocycles. The molecule has 2 N–H and O–H groups in total. The van der Waals surface area contributed by atoms with Crippen LogP contribution in [0.1, 0.15) is 12.7 Å². The number of aryl methyl sites for hydroxylation is 1. The summed E-state index contributed by atoms with van der Waals surface area (Å²) in [6.45, 7) is 1.97. The van der Waals surface area contributed by atoms with Crippen molar-refractivity contribution in [1.29, 1.82) is 0 Å². The molecule has 1 rings (SSSR count). The van der Waals surface area contributed by atoms with Crippen LogP contribution in [0.25, 0.3) is 0 Å². The molecule has 0 aliphatic carbocycles. The number of methoxy groups -OCH3 is 1. The molecule has 0 atom stereocenters. The lowest BCUT2D eigenvalue weighted by Gasteiger charge is -2.02. The Morgan fingerprint density at radius 3 is 2.82 bits per heavy atom. The van der Waals surface area contributed by atoms with Crippen LogP contribution in [0.15, 0.2) is 6.20 Å². The maximum absolute atomic E-state index is 5.53. The summed E-state index contributed by atoms with van der Waals surface area (Å²) in [5.74, 6) is 1.67. The molecular weight excluding hydrogens is 142 g/mol. The average molecular weight is 153 g/mol. The summed E-state index contributed by atoms with van der Waals surface area (Å²) in [7, 11) is 1.54. The molecular formula is C7H11N3O. The number of rotatable bonds is 2. The number of aromatic nitrogens is 2. The summed E-state index contributed by atoms with van der Waals surface area (Å²) >= 11 is 0. The fourth-order valence-corrected chi connectivity index (χ4v) is 0.750. The summed E-state index contributed by atoms with van der Waals surface area (Å²) < 4.78 is 4.89. The Morgan fingerprint density at radius 1 is 1.64 bits per heavy atom. The number of nitrogens with zero attached hydrogens (tertiary/aromatic N) is 2. The van der Waals surface area contributed by atoms with Crippen molar-refractivity contribution in [3.8, 4) is 5.75 Å². The molecule has 4 heteroatoms. The van der Waals surface area contributed by atoms with Gasteiger partial charge in [0.25, 0.3) is 0 Å². The van der Waals surface area contributed by atoms with Crippen LogP contribution in [0.4, 0.5) is 5.82 Å². The van der Waals surface area contributed by atoms with E-state index in [0.29, 0.717) is 11.6 Å². The third kappa shape index (κ3) is 1.58. The largest absolute Gasteiger partial charge is 0.491 e. The van der Waals surface area contributed by atoms with E-state index in [0.717, 1.165) is 12.2 Å². The predicted molar refractivity (Wildman–Crippen MR) is 42.4 cm³/mol. The molecule has 0 unspecified atom stereocenters. The summed E-state index contributed by atoms with van der Waals surface area (Å²) in [4.78, 5) is 8.02. The van der Waals surface area contributed by atoms with Crippen molar-refractivity contribution in [2.45, 2.75) is 13.3 Å². The number of hydrogen-bond donors (Lipinski definition) is 1. The van der Waals surface area contributed by atoms with E-state index in [1.807, 2.05) is 6.92 Å². The molecule has 0 bridgehead atoms. The van der Waals surface area contributed by atoms with Crippen molar-refractivity contribution in [1.82, 2.24) is 9.97 Å². The Bertz CT molecular complexity index is 249. The van der Waals surface area contributed by atoms with Crippen LogP contribution in [0.3, 0.4) is 0 Å². The first-order valence-electron chi connectivity index (χ1n) is 3.43. The number of hydrogen-bond acceptors (Lipinski definition) is 4. The van der Waals surface area contributed by atoms with E-state index >= 15 is 0 Å². The van der Waals surface area contributed by atoms with E-state index in [4.69, 9.17) is 10.5 Å². The summed E-state index contributed by atoms with van der Waals surface area (Å²) in [5.41, 5.74) is 5.53. The Hall–Kier alpha value is -1.32. The second kappa shape index (κ2) is 3.18. The van der Waals surface area contributed by atoms with Crippen molar-refractivity contribution in [3.63, 3.8) is 0 Å². The highest BCUT2D eigenvalue weighted by atomic mass is 16.5. The maximum atomic E-state index is 5.53. The monoisotopic (exact) mass is 153 g/mol. The van der Waals surface area contributed by atoms with E-state index in [1.54, 1.807) is 13.3 Å². The smallest absolute Gasteiger partial charge is 0.179 e. The lowest BCUT2D eigenvalue weighted by atomic mass is 10.4. The van der Waals surface area contributed by atoms with Crippen LogP contribution in [0.5, 0.6) is 5.75 Å². The third-order valence-corrected chi connectivity index (χ3v) is 1.37. The molecule has 0 fully saturated rings. The van der Waals surface area contributed by atoms with Gasteiger partial charge in [0.15, 0.2) is 11.6 Å². The first-order valence-corrected chi connectivity index (χ1v) is 3.43. The zero-order valence-electron chi connectivity index (χ0n) is 6.66. The van der Waals surface area contributed by atoms with Crippen LogP contribution in [-0.4, -0.2) is 17.1 Å². The molecule has 0 radical (unpaired) electrons. The molecule has 11 heavy (non-hydrogen) atoms. The van der Waals surface area contributed by atoms with Crippen LogP contribution < -0.4 is 10.5 Å². The van der Waals surface area contributed by atoms with Gasteiger partial charge >= 0.3 is 0 Å². The molecule has 4 nitrogen and oxygen atoms in total. The second-order valence-electron chi connectivity index (χ2n) is 2.09. The fraction of sp³-hybridized carbons (Fsp3) is 0.429. The van der Waals surface area contributed by atoms with Crippen LogP contribution in [0.2, 0.25) is 0 Å². The van der Waals surface area contributed by atoms with Gasteiger partial charge in [-0.25, -0.2) is 9.97 Å². The lowest BCUT2D eigenvalue weighted by molar-refractivity contribution is 0.412. The quantitative estimate of drug-likeness (QED) is 0.677. The van der Waals surface area contributed by atoms with Crippen molar-refractivity contribution in [3.05, 3.63) is 12.0 Å². The van der Waals surface area contributed by atoms with Gasteiger partial charge in [-0.15, -0.1) is 0 Å². The third-order valence-electron chi connectivity index (χ3n) is 1.37. The van der Waals surface area contributed by atoms with Crippen LogP contribution in [-0.2, 0) is 6.42 Å². The van der Waals surface area contributed by atoms with Gasteiger partial charge in [-0.1, -0.05) is 6.92 Å². The minimum absolute atomic E-state index is 0.402. The maximum Gasteiger partial charge on any atom is 0.179 e. The highest BCUT2D eigenvalue weighted by molar-refractivity contribution is 5.43. The van der Waals surface area contributed by atoms with Gasteiger partial charge in [-0.3, -0.25) is 0 Å². The fourth-order valence-electron chi connectivity index (χ4n) is 0.750. The number of nitrogen functional groups attached to an aromatic ring is 1. The molecule has 0 amide bonds. The first kappa shape index (κ1) is 7.78. The normalized spacial score (nSPS) is 9.64. The zero-order valence-corrected chi connectivity index (χ0v) is 6.66. The van der Waals surface area contributed by atoms with Gasteiger partial charge in [-0.2, -0.15) is 0 Å². The van der Waals surface area contributed by atoms with E-state index < -0.39 is 0 Å². The van der Waals surface area contributed by atoms with Gasteiger partial charge in [0.2, 0.25) is 0 Å². The Morgan fingerprint density at radius 2 is 2.36 bits per heavy atom. The van der Waals surface area contributed by atoms with Gasteiger partial charge in [0.1, 0.15) is 5.82 Å². The Kier molecular flexibility index (Phi) is 2.25. The Balaban J connectivity index is 2.99.